The van der Waals surface area contributed by atoms with Crippen LogP contribution in [0.5, 0.6) is 0 Å². The first-order valence-corrected chi connectivity index (χ1v) is 23.6. The van der Waals surface area contributed by atoms with Gasteiger partial charge >= 0.3 is 0 Å². The Labute approximate surface area is 362 Å². The highest BCUT2D eigenvalue weighted by molar-refractivity contribution is 7.87. The SMILES string of the molecule is CC(C)N(C(C)C)P(OCCC#N)OCCC(CCOS(=O)(=O)c1ccc(/N=N/c2ccc(N(C)C)cc2)cc1)OS(=O)(=O)c1ccc(/N=N/c2ccc(N(C)C)cc2)cc1. The van der Waals surface area contributed by atoms with Gasteiger partial charge in [-0.15, -0.1) is 0 Å². The minimum absolute atomic E-state index is 0.00574. The van der Waals surface area contributed by atoms with E-state index in [4.69, 9.17) is 22.7 Å². The van der Waals surface area contributed by atoms with Gasteiger partial charge in [0, 0.05) is 51.6 Å². The maximum Gasteiger partial charge on any atom is 0.297 e. The first-order valence-electron chi connectivity index (χ1n) is 19.6. The fourth-order valence-electron chi connectivity index (χ4n) is 5.63. The molecule has 0 aromatic heterocycles. The highest BCUT2D eigenvalue weighted by Crippen LogP contribution is 2.46. The maximum atomic E-state index is 13.6. The molecule has 4 aromatic carbocycles. The molecule has 0 aliphatic carbocycles. The third-order valence-electron chi connectivity index (χ3n) is 8.79. The van der Waals surface area contributed by atoms with E-state index in [0.717, 1.165) is 11.4 Å². The van der Waals surface area contributed by atoms with Crippen LogP contribution in [-0.2, 0) is 37.6 Å². The van der Waals surface area contributed by atoms with Crippen molar-refractivity contribution in [1.82, 2.24) is 4.67 Å². The summed E-state index contributed by atoms with van der Waals surface area (Å²) in [6, 6.07) is 28.6. The molecule has 0 aliphatic heterocycles. The molecule has 0 radical (unpaired) electrons. The lowest BCUT2D eigenvalue weighted by Crippen LogP contribution is -2.34. The second-order valence-corrected chi connectivity index (χ2v) is 19.3. The van der Waals surface area contributed by atoms with Crippen molar-refractivity contribution in [3.63, 3.8) is 0 Å². The summed E-state index contributed by atoms with van der Waals surface area (Å²) in [6.07, 6.45) is -0.958. The maximum absolute atomic E-state index is 13.6. The van der Waals surface area contributed by atoms with Gasteiger partial charge in [0.05, 0.1) is 71.0 Å². The lowest BCUT2D eigenvalue weighted by Gasteiger charge is -2.35. The number of nitriles is 1. The Morgan fingerprint density at radius 1 is 0.574 bits per heavy atom. The summed E-state index contributed by atoms with van der Waals surface area (Å²) in [5, 5.41) is 26.0. The summed E-state index contributed by atoms with van der Waals surface area (Å²) in [4.78, 5) is 3.70. The van der Waals surface area contributed by atoms with E-state index >= 15 is 0 Å². The predicted octanol–water partition coefficient (Wildman–Crippen LogP) is 10.2. The Bertz CT molecular complexity index is 2280. The molecule has 0 heterocycles. The molecule has 16 nitrogen and oxygen atoms in total. The predicted molar refractivity (Wildman–Crippen MR) is 238 cm³/mol. The smallest absolute Gasteiger partial charge is 0.297 e. The van der Waals surface area contributed by atoms with Crippen molar-refractivity contribution in [3.8, 4) is 6.07 Å². The first kappa shape index (κ1) is 49.0. The molecule has 0 saturated carbocycles. The molecule has 328 valence electrons. The van der Waals surface area contributed by atoms with Crippen molar-refractivity contribution >= 4 is 62.9 Å². The van der Waals surface area contributed by atoms with E-state index in [-0.39, 0.29) is 61.0 Å². The van der Waals surface area contributed by atoms with Gasteiger partial charge in [0.1, 0.15) is 0 Å². The van der Waals surface area contributed by atoms with Crippen LogP contribution in [0.4, 0.5) is 34.1 Å². The molecular formula is C42H55N8O8PS2. The molecule has 2 atom stereocenters. The lowest BCUT2D eigenvalue weighted by molar-refractivity contribution is 0.125. The van der Waals surface area contributed by atoms with Crippen LogP contribution in [0, 0.1) is 11.3 Å². The largest absolute Gasteiger partial charge is 0.378 e. The molecule has 4 aromatic rings. The van der Waals surface area contributed by atoms with Crippen molar-refractivity contribution in [1.29, 1.82) is 5.26 Å². The summed E-state index contributed by atoms with van der Waals surface area (Å²) in [7, 11) is -2.47. The molecule has 0 bridgehead atoms. The molecule has 0 fully saturated rings. The quantitative estimate of drug-likeness (QED) is 0.0281. The summed E-state index contributed by atoms with van der Waals surface area (Å²) in [5.41, 5.74) is 4.15. The van der Waals surface area contributed by atoms with Gasteiger partial charge in [0.15, 0.2) is 0 Å². The van der Waals surface area contributed by atoms with Crippen LogP contribution in [0.25, 0.3) is 0 Å². The molecule has 4 rings (SSSR count). The molecule has 0 amide bonds. The van der Waals surface area contributed by atoms with Crippen molar-refractivity contribution in [2.24, 2.45) is 20.5 Å². The van der Waals surface area contributed by atoms with E-state index in [1.807, 2.05) is 119 Å². The molecular weight excluding hydrogens is 840 g/mol. The van der Waals surface area contributed by atoms with Gasteiger partial charge in [-0.2, -0.15) is 42.6 Å². The molecule has 2 unspecified atom stereocenters. The van der Waals surface area contributed by atoms with Gasteiger partial charge in [-0.1, -0.05) is 0 Å². The number of anilines is 2. The Kier molecular flexibility index (Phi) is 18.9. The summed E-state index contributed by atoms with van der Waals surface area (Å²) in [6.45, 7) is 7.78. The number of hydrogen-bond acceptors (Lipinski definition) is 16. The minimum atomic E-state index is -4.35. The molecule has 19 heteroatoms. The fraction of sp³-hybridized carbons (Fsp3) is 0.405. The zero-order valence-corrected chi connectivity index (χ0v) is 38.3. The molecule has 0 saturated heterocycles. The molecule has 61 heavy (non-hydrogen) atoms. The third kappa shape index (κ3) is 15.6. The van der Waals surface area contributed by atoms with Crippen LogP contribution in [0.15, 0.2) is 127 Å². The van der Waals surface area contributed by atoms with E-state index in [1.54, 1.807) is 0 Å². The van der Waals surface area contributed by atoms with Crippen molar-refractivity contribution in [3.05, 3.63) is 97.1 Å². The van der Waals surface area contributed by atoms with Crippen LogP contribution in [0.3, 0.4) is 0 Å². The second kappa shape index (κ2) is 23.5. The Morgan fingerprint density at radius 3 is 1.34 bits per heavy atom. The van der Waals surface area contributed by atoms with Crippen LogP contribution < -0.4 is 9.80 Å². The average molecular weight is 895 g/mol. The summed E-state index contributed by atoms with van der Waals surface area (Å²) < 4.78 is 79.0. The standard InChI is InChI=1S/C42H55N8O8PS2/c1-32(2)50(33(3)4)59(55-29-9-28-43)56-30-26-40(58-61(53,54)42-24-16-37(17-25-42)47-45-35-12-20-39(21-13-35)49(7)8)27-31-57-60(51,52)41-22-14-36(15-23-41)46-44-34-10-18-38(19-11-34)48(5)6/h10-25,32-33,40H,9,26-27,29-31H2,1-8H3/b46-44+,47-45+. The van der Waals surface area contributed by atoms with Crippen LogP contribution in [0.2, 0.25) is 0 Å². The van der Waals surface area contributed by atoms with Gasteiger partial charge in [-0.3, -0.25) is 8.37 Å². The first-order chi connectivity index (χ1) is 29.0. The number of hydrogen-bond donors (Lipinski definition) is 0. The average Bonchev–Trinajstić information content (AvgIpc) is 3.22. The second-order valence-electron chi connectivity index (χ2n) is 14.6. The number of benzene rings is 4. The van der Waals surface area contributed by atoms with E-state index in [2.05, 4.69) is 26.5 Å². The third-order valence-corrected chi connectivity index (χ3v) is 13.6. The van der Waals surface area contributed by atoms with Crippen LogP contribution in [-0.4, -0.2) is 87.7 Å². The number of nitrogens with zero attached hydrogens (tertiary/aromatic N) is 8. The summed E-state index contributed by atoms with van der Waals surface area (Å²) >= 11 is 0. The van der Waals surface area contributed by atoms with Gasteiger partial charge in [0.25, 0.3) is 28.8 Å². The van der Waals surface area contributed by atoms with Gasteiger partial charge in [-0.05, 0) is 138 Å². The monoisotopic (exact) mass is 894 g/mol. The van der Waals surface area contributed by atoms with E-state index in [1.165, 1.54) is 48.5 Å². The van der Waals surface area contributed by atoms with Crippen LogP contribution in [0.1, 0.15) is 47.0 Å². The van der Waals surface area contributed by atoms with Gasteiger partial charge in [-0.25, -0.2) is 4.67 Å². The Morgan fingerprint density at radius 2 is 0.951 bits per heavy atom. The number of azo groups is 2. The Balaban J connectivity index is 1.46. The highest BCUT2D eigenvalue weighted by Gasteiger charge is 2.29. The van der Waals surface area contributed by atoms with E-state index in [9.17, 15) is 16.8 Å². The van der Waals surface area contributed by atoms with Crippen LogP contribution >= 0.6 is 8.53 Å². The zero-order valence-electron chi connectivity index (χ0n) is 35.8. The van der Waals surface area contributed by atoms with Gasteiger partial charge in [0.2, 0.25) is 0 Å². The van der Waals surface area contributed by atoms with E-state index in [0.29, 0.717) is 22.7 Å². The van der Waals surface area contributed by atoms with Gasteiger partial charge < -0.3 is 18.8 Å². The molecule has 0 spiro atoms. The number of rotatable bonds is 24. The van der Waals surface area contributed by atoms with E-state index < -0.39 is 34.9 Å². The topological polar surface area (TPSA) is 188 Å². The Hall–Kier alpha value is -4.70. The lowest BCUT2D eigenvalue weighted by atomic mass is 10.2. The molecule has 0 aliphatic rings. The normalized spacial score (nSPS) is 13.3. The van der Waals surface area contributed by atoms with Crippen molar-refractivity contribution < 1.29 is 34.2 Å². The fourth-order valence-corrected chi connectivity index (χ4v) is 9.29. The highest BCUT2D eigenvalue weighted by atomic mass is 32.2. The minimum Gasteiger partial charge on any atom is -0.378 e. The zero-order chi connectivity index (χ0) is 44.6. The van der Waals surface area contributed by atoms with Crippen molar-refractivity contribution in [2.45, 2.75) is 74.9 Å². The molecule has 0 N–H and O–H groups in total. The van der Waals surface area contributed by atoms with Crippen molar-refractivity contribution in [2.75, 3.05) is 57.8 Å². The summed E-state index contributed by atoms with van der Waals surface area (Å²) in [5.74, 6) is 0.